The fourth-order valence-corrected chi connectivity index (χ4v) is 5.86. The van der Waals surface area contributed by atoms with Crippen molar-refractivity contribution in [1.29, 1.82) is 5.26 Å². The third kappa shape index (κ3) is 4.58. The first-order valence-corrected chi connectivity index (χ1v) is 13.2. The van der Waals surface area contributed by atoms with E-state index in [2.05, 4.69) is 16.5 Å². The second-order valence-corrected chi connectivity index (χ2v) is 10.4. The van der Waals surface area contributed by atoms with Gasteiger partial charge in [0, 0.05) is 43.6 Å². The zero-order chi connectivity index (χ0) is 28.7. The van der Waals surface area contributed by atoms with E-state index >= 15 is 4.39 Å². The van der Waals surface area contributed by atoms with E-state index in [-0.39, 0.29) is 53.4 Å². The molecule has 208 valence electrons. The number of anilines is 1. The van der Waals surface area contributed by atoms with E-state index in [9.17, 15) is 24.3 Å². The molecule has 0 bridgehead atoms. The predicted octanol–water partition coefficient (Wildman–Crippen LogP) is 3.24. The number of rotatable bonds is 5. The summed E-state index contributed by atoms with van der Waals surface area (Å²) in [5.74, 6) is -2.48. The first kappa shape index (κ1) is 27.3. The van der Waals surface area contributed by atoms with Crippen LogP contribution in [-0.4, -0.2) is 75.7 Å². The lowest BCUT2D eigenvalue weighted by Crippen LogP contribution is -2.54. The van der Waals surface area contributed by atoms with Gasteiger partial charge in [0.05, 0.1) is 11.3 Å². The van der Waals surface area contributed by atoms with E-state index in [0.717, 1.165) is 31.5 Å². The fourth-order valence-electron chi connectivity index (χ4n) is 5.86. The Morgan fingerprint density at radius 3 is 2.67 bits per heavy atom. The summed E-state index contributed by atoms with van der Waals surface area (Å²) >= 11 is 0. The summed E-state index contributed by atoms with van der Waals surface area (Å²) in [5.41, 5.74) is -1.24. The molecule has 0 spiro atoms. The Bertz CT molecular complexity index is 1590. The fraction of sp³-hybridized carbons (Fsp3) is 0.379. The second-order valence-electron chi connectivity index (χ2n) is 10.4. The second kappa shape index (κ2) is 10.7. The zero-order valence-electron chi connectivity index (χ0n) is 22.4. The Hall–Kier alpha value is -4.30. The number of hydrogen-bond acceptors (Lipinski definition) is 7. The van der Waals surface area contributed by atoms with Gasteiger partial charge in [0.15, 0.2) is 5.82 Å². The molecule has 2 atom stereocenters. The van der Waals surface area contributed by atoms with E-state index in [1.807, 2.05) is 24.9 Å². The van der Waals surface area contributed by atoms with Crippen molar-refractivity contribution in [3.05, 3.63) is 64.5 Å². The topological polar surface area (TPSA) is 106 Å². The van der Waals surface area contributed by atoms with E-state index in [0.29, 0.717) is 13.1 Å². The van der Waals surface area contributed by atoms with E-state index in [4.69, 9.17) is 0 Å². The number of nitrogens with zero attached hydrogens (tertiary/aromatic N) is 6. The Labute approximate surface area is 230 Å². The minimum atomic E-state index is -0.908. The van der Waals surface area contributed by atoms with Crippen LogP contribution in [0.1, 0.15) is 25.3 Å². The van der Waals surface area contributed by atoms with Crippen molar-refractivity contribution in [1.82, 2.24) is 19.4 Å². The number of nitriles is 1. The summed E-state index contributed by atoms with van der Waals surface area (Å²) in [6.45, 7) is 7.36. The first-order valence-electron chi connectivity index (χ1n) is 13.2. The van der Waals surface area contributed by atoms with Gasteiger partial charge in [-0.2, -0.15) is 5.26 Å². The standard InChI is InChI=1S/C29H30F2N6O3/c1-4-24(39)35-11-12-36(17(2)15-35)27-19-13-22(31)26(25-21(30)8-5-9-23(25)38)33-28(19)37(29(40)20(27)14-32)16-18-7-6-10-34(18)3/h4-5,8-9,13,17-18,38H,1,6-7,10-12,15-16H2,2-3H3. The molecule has 2 aliphatic heterocycles. The van der Waals surface area contributed by atoms with Crippen LogP contribution in [0.2, 0.25) is 0 Å². The van der Waals surface area contributed by atoms with E-state index in [1.165, 1.54) is 22.8 Å². The lowest BCUT2D eigenvalue weighted by Gasteiger charge is -2.41. The average Bonchev–Trinajstić information content (AvgIpc) is 3.34. The molecule has 1 N–H and O–H groups in total. The molecule has 4 heterocycles. The number of benzene rings is 1. The van der Waals surface area contributed by atoms with Crippen LogP contribution in [-0.2, 0) is 11.3 Å². The van der Waals surface area contributed by atoms with Crippen LogP contribution in [0.25, 0.3) is 22.3 Å². The number of likely N-dealkylation sites (tertiary alicyclic amines) is 1. The number of carbonyl (C=O) groups excluding carboxylic acids is 1. The highest BCUT2D eigenvalue weighted by molar-refractivity contribution is 5.95. The maximum absolute atomic E-state index is 15.8. The number of amides is 1. The van der Waals surface area contributed by atoms with Gasteiger partial charge in [0.25, 0.3) is 5.56 Å². The quantitative estimate of drug-likeness (QED) is 0.488. The van der Waals surface area contributed by atoms with E-state index in [1.54, 1.807) is 4.90 Å². The van der Waals surface area contributed by atoms with Gasteiger partial charge >= 0.3 is 0 Å². The highest BCUT2D eigenvalue weighted by atomic mass is 19.1. The molecule has 40 heavy (non-hydrogen) atoms. The molecule has 11 heteroatoms. The Morgan fingerprint density at radius 1 is 1.27 bits per heavy atom. The van der Waals surface area contributed by atoms with Gasteiger partial charge in [-0.15, -0.1) is 0 Å². The molecule has 0 radical (unpaired) electrons. The van der Waals surface area contributed by atoms with Crippen molar-refractivity contribution < 1.29 is 18.7 Å². The SMILES string of the molecule is C=CC(=O)N1CCN(c2c(C#N)c(=O)n(CC3CCCN3C)c3nc(-c4c(O)cccc4F)c(F)cc23)C(C)C1. The molecule has 5 rings (SSSR count). The van der Waals surface area contributed by atoms with Crippen molar-refractivity contribution in [2.24, 2.45) is 0 Å². The third-order valence-electron chi connectivity index (χ3n) is 7.97. The summed E-state index contributed by atoms with van der Waals surface area (Å²) < 4.78 is 31.9. The molecule has 2 aromatic heterocycles. The van der Waals surface area contributed by atoms with Gasteiger partial charge in [0.2, 0.25) is 5.91 Å². The number of piperazine rings is 1. The molecular weight excluding hydrogens is 518 g/mol. The van der Waals surface area contributed by atoms with Crippen LogP contribution in [0.5, 0.6) is 5.75 Å². The third-order valence-corrected chi connectivity index (χ3v) is 7.97. The van der Waals surface area contributed by atoms with Crippen LogP contribution in [0.3, 0.4) is 0 Å². The van der Waals surface area contributed by atoms with Crippen LogP contribution >= 0.6 is 0 Å². The van der Waals surface area contributed by atoms with Crippen molar-refractivity contribution in [3.63, 3.8) is 0 Å². The van der Waals surface area contributed by atoms with Crippen LogP contribution < -0.4 is 10.5 Å². The van der Waals surface area contributed by atoms with Crippen molar-refractivity contribution in [3.8, 4) is 23.1 Å². The number of aromatic hydroxyl groups is 1. The lowest BCUT2D eigenvalue weighted by atomic mass is 10.0. The van der Waals surface area contributed by atoms with Gasteiger partial charge in [0.1, 0.15) is 34.5 Å². The number of pyridine rings is 2. The summed E-state index contributed by atoms with van der Waals surface area (Å²) in [6, 6.07) is 6.50. The molecule has 2 unspecified atom stereocenters. The van der Waals surface area contributed by atoms with Crippen molar-refractivity contribution in [2.45, 2.75) is 38.4 Å². The molecule has 1 aromatic carbocycles. The Balaban J connectivity index is 1.77. The molecule has 9 nitrogen and oxygen atoms in total. The Morgan fingerprint density at radius 2 is 2.05 bits per heavy atom. The number of likely N-dealkylation sites (N-methyl/N-ethyl adjacent to an activating group) is 1. The van der Waals surface area contributed by atoms with Gasteiger partial charge in [-0.25, -0.2) is 13.8 Å². The molecule has 0 saturated carbocycles. The molecular formula is C29H30F2N6O3. The number of phenols is 1. The highest BCUT2D eigenvalue weighted by Crippen LogP contribution is 2.37. The summed E-state index contributed by atoms with van der Waals surface area (Å²) in [7, 11) is 1.95. The van der Waals surface area contributed by atoms with Crippen LogP contribution in [0, 0.1) is 23.0 Å². The summed E-state index contributed by atoms with van der Waals surface area (Å²) in [4.78, 5) is 36.2. The number of fused-ring (bicyclic) bond motifs is 1. The minimum absolute atomic E-state index is 0.0113. The maximum atomic E-state index is 15.8. The largest absolute Gasteiger partial charge is 0.507 e. The normalized spacial score (nSPS) is 19.7. The number of carbonyl (C=O) groups is 1. The monoisotopic (exact) mass is 548 g/mol. The maximum Gasteiger partial charge on any atom is 0.272 e. The molecule has 3 aromatic rings. The number of phenolic OH excluding ortho intramolecular Hbond substituents is 1. The van der Waals surface area contributed by atoms with Crippen LogP contribution in [0.15, 0.2) is 41.7 Å². The molecule has 2 fully saturated rings. The first-order chi connectivity index (χ1) is 19.2. The van der Waals surface area contributed by atoms with Gasteiger partial charge in [-0.3, -0.25) is 14.2 Å². The molecule has 1 amide bonds. The lowest BCUT2D eigenvalue weighted by molar-refractivity contribution is -0.126. The minimum Gasteiger partial charge on any atom is -0.507 e. The van der Waals surface area contributed by atoms with Gasteiger partial charge < -0.3 is 19.8 Å². The predicted molar refractivity (Wildman–Crippen MR) is 147 cm³/mol. The molecule has 0 aliphatic carbocycles. The number of aromatic nitrogens is 2. The smallest absolute Gasteiger partial charge is 0.272 e. The summed E-state index contributed by atoms with van der Waals surface area (Å²) in [5, 5.41) is 20.8. The van der Waals surface area contributed by atoms with Crippen molar-refractivity contribution >= 4 is 22.6 Å². The van der Waals surface area contributed by atoms with Gasteiger partial charge in [-0.05, 0) is 57.6 Å². The van der Waals surface area contributed by atoms with E-state index < -0.39 is 34.2 Å². The molecule has 2 aliphatic rings. The zero-order valence-corrected chi connectivity index (χ0v) is 22.4. The van der Waals surface area contributed by atoms with Crippen molar-refractivity contribution in [2.75, 3.05) is 38.1 Å². The number of halogens is 2. The van der Waals surface area contributed by atoms with Gasteiger partial charge in [-0.1, -0.05) is 12.6 Å². The molecule has 2 saturated heterocycles. The number of hydrogen-bond donors (Lipinski definition) is 1. The Kier molecular flexibility index (Phi) is 7.29. The summed E-state index contributed by atoms with van der Waals surface area (Å²) in [6.07, 6.45) is 3.00. The van der Waals surface area contributed by atoms with Crippen LogP contribution in [0.4, 0.5) is 14.5 Å². The highest BCUT2D eigenvalue weighted by Gasteiger charge is 2.33. The average molecular weight is 549 g/mol.